The van der Waals surface area contributed by atoms with E-state index in [4.69, 9.17) is 9.47 Å². The predicted octanol–water partition coefficient (Wildman–Crippen LogP) is 4.16. The number of halogens is 1. The number of ketones is 1. The van der Waals surface area contributed by atoms with E-state index >= 15 is 0 Å². The van der Waals surface area contributed by atoms with Gasteiger partial charge < -0.3 is 9.47 Å². The highest BCUT2D eigenvalue weighted by Crippen LogP contribution is 2.40. The Morgan fingerprint density at radius 2 is 2.00 bits per heavy atom. The number of ether oxygens (including phenoxy) is 2. The van der Waals surface area contributed by atoms with Gasteiger partial charge in [0.2, 0.25) is 0 Å². The molecule has 3 rings (SSSR count). The average molecular weight is 333 g/mol. The fourth-order valence-corrected chi connectivity index (χ4v) is 2.84. The molecule has 1 unspecified atom stereocenters. The van der Waals surface area contributed by atoms with Crippen molar-refractivity contribution in [3.8, 4) is 11.5 Å². The molecule has 1 heterocycles. The molecule has 102 valence electrons. The lowest BCUT2D eigenvalue weighted by Gasteiger charge is -2.26. The second-order valence-electron chi connectivity index (χ2n) is 4.63. The molecule has 2 aromatic rings. The summed E-state index contributed by atoms with van der Waals surface area (Å²) >= 11 is 3.39. The third kappa shape index (κ3) is 2.31. The molecule has 1 aliphatic heterocycles. The lowest BCUT2D eigenvalue weighted by molar-refractivity contribution is 0.0849. The number of Topliss-reactive ketones (excluding diaryl/α,β-unsaturated/α-hetero) is 1. The first-order valence-corrected chi connectivity index (χ1v) is 7.10. The minimum absolute atomic E-state index is 0.0865. The first kappa shape index (κ1) is 13.2. The molecule has 0 bridgehead atoms. The van der Waals surface area contributed by atoms with E-state index in [1.54, 1.807) is 19.2 Å². The standard InChI is InChI=1S/C16H13BrO3/c1-19-16-9-15-11(7-12(16)17)13(18)8-14(20-15)10-5-3-2-4-6-10/h2-7,9,14H,8H2,1H3. The Kier molecular flexibility index (Phi) is 3.49. The van der Waals surface area contributed by atoms with Crippen LogP contribution in [0.1, 0.15) is 28.4 Å². The number of benzene rings is 2. The second kappa shape index (κ2) is 5.29. The summed E-state index contributed by atoms with van der Waals surface area (Å²) in [7, 11) is 1.59. The van der Waals surface area contributed by atoms with Gasteiger partial charge in [0.05, 0.1) is 23.6 Å². The van der Waals surface area contributed by atoms with E-state index in [0.29, 0.717) is 23.5 Å². The molecule has 3 nitrogen and oxygen atoms in total. The molecule has 0 aromatic heterocycles. The van der Waals surface area contributed by atoms with Crippen molar-refractivity contribution in [3.05, 3.63) is 58.1 Å². The SMILES string of the molecule is COc1cc2c(cc1Br)C(=O)CC(c1ccccc1)O2. The van der Waals surface area contributed by atoms with Gasteiger partial charge in [-0.3, -0.25) is 4.79 Å². The second-order valence-corrected chi connectivity index (χ2v) is 5.48. The molecule has 0 fully saturated rings. The fourth-order valence-electron chi connectivity index (χ4n) is 2.33. The lowest BCUT2D eigenvalue weighted by atomic mass is 9.96. The molecule has 0 N–H and O–H groups in total. The van der Waals surface area contributed by atoms with E-state index in [9.17, 15) is 4.79 Å². The number of hydrogen-bond acceptors (Lipinski definition) is 3. The van der Waals surface area contributed by atoms with Crippen LogP contribution in [0.4, 0.5) is 0 Å². The molecule has 4 heteroatoms. The number of methoxy groups -OCH3 is 1. The van der Waals surface area contributed by atoms with Gasteiger partial charge >= 0.3 is 0 Å². The Labute approximate surface area is 125 Å². The van der Waals surface area contributed by atoms with E-state index in [1.165, 1.54) is 0 Å². The van der Waals surface area contributed by atoms with E-state index in [0.717, 1.165) is 10.0 Å². The molecule has 2 aromatic carbocycles. The van der Waals surface area contributed by atoms with Crippen LogP contribution in [0.15, 0.2) is 46.9 Å². The minimum atomic E-state index is -0.234. The Hall–Kier alpha value is -1.81. The van der Waals surface area contributed by atoms with Crippen molar-refractivity contribution in [2.75, 3.05) is 7.11 Å². The van der Waals surface area contributed by atoms with Crippen LogP contribution in [-0.2, 0) is 0 Å². The highest BCUT2D eigenvalue weighted by atomic mass is 79.9. The van der Waals surface area contributed by atoms with Crippen LogP contribution in [0.5, 0.6) is 11.5 Å². The summed E-state index contributed by atoms with van der Waals surface area (Å²) < 4.78 is 12.0. The zero-order valence-electron chi connectivity index (χ0n) is 10.9. The summed E-state index contributed by atoms with van der Waals surface area (Å²) in [5.41, 5.74) is 1.61. The molecular weight excluding hydrogens is 320 g/mol. The van der Waals surface area contributed by atoms with Crippen molar-refractivity contribution in [1.29, 1.82) is 0 Å². The van der Waals surface area contributed by atoms with Gasteiger partial charge in [0.15, 0.2) is 5.78 Å². The van der Waals surface area contributed by atoms with Crippen LogP contribution in [0.2, 0.25) is 0 Å². The third-order valence-corrected chi connectivity index (χ3v) is 3.99. The first-order valence-electron chi connectivity index (χ1n) is 6.31. The van der Waals surface area contributed by atoms with Crippen LogP contribution < -0.4 is 9.47 Å². The van der Waals surface area contributed by atoms with Crippen LogP contribution in [-0.4, -0.2) is 12.9 Å². The number of carbonyl (C=O) groups is 1. The summed E-state index contributed by atoms with van der Waals surface area (Å²) in [6, 6.07) is 13.3. The van der Waals surface area contributed by atoms with Crippen LogP contribution in [0.3, 0.4) is 0 Å². The van der Waals surface area contributed by atoms with Gasteiger partial charge in [-0.2, -0.15) is 0 Å². The molecule has 0 saturated heterocycles. The Morgan fingerprint density at radius 1 is 1.25 bits per heavy atom. The van der Waals surface area contributed by atoms with Crippen LogP contribution >= 0.6 is 15.9 Å². The quantitative estimate of drug-likeness (QED) is 0.828. The third-order valence-electron chi connectivity index (χ3n) is 3.37. The maximum atomic E-state index is 12.3. The number of rotatable bonds is 2. The highest BCUT2D eigenvalue weighted by molar-refractivity contribution is 9.10. The van der Waals surface area contributed by atoms with E-state index in [-0.39, 0.29) is 11.9 Å². The summed E-state index contributed by atoms with van der Waals surface area (Å²) in [6.45, 7) is 0. The monoisotopic (exact) mass is 332 g/mol. The van der Waals surface area contributed by atoms with E-state index in [1.807, 2.05) is 30.3 Å². The summed E-state index contributed by atoms with van der Waals surface area (Å²) in [5.74, 6) is 1.32. The number of fused-ring (bicyclic) bond motifs is 1. The summed E-state index contributed by atoms with van der Waals surface area (Å²) in [5, 5.41) is 0. The van der Waals surface area contributed by atoms with Crippen molar-refractivity contribution in [1.82, 2.24) is 0 Å². The molecule has 0 spiro atoms. The normalized spacial score (nSPS) is 17.3. The lowest BCUT2D eigenvalue weighted by Crippen LogP contribution is -2.20. The van der Waals surface area contributed by atoms with E-state index in [2.05, 4.69) is 15.9 Å². The molecule has 20 heavy (non-hydrogen) atoms. The Morgan fingerprint density at radius 3 is 2.70 bits per heavy atom. The number of carbonyl (C=O) groups excluding carboxylic acids is 1. The Balaban J connectivity index is 2.00. The molecule has 0 aliphatic carbocycles. The fraction of sp³-hybridized carbons (Fsp3) is 0.188. The molecule has 1 aliphatic rings. The van der Waals surface area contributed by atoms with Crippen molar-refractivity contribution in [2.45, 2.75) is 12.5 Å². The maximum absolute atomic E-state index is 12.3. The largest absolute Gasteiger partial charge is 0.495 e. The van der Waals surface area contributed by atoms with Crippen molar-refractivity contribution < 1.29 is 14.3 Å². The highest BCUT2D eigenvalue weighted by Gasteiger charge is 2.28. The summed E-state index contributed by atoms with van der Waals surface area (Å²) in [6.07, 6.45) is 0.123. The maximum Gasteiger partial charge on any atom is 0.170 e. The minimum Gasteiger partial charge on any atom is -0.495 e. The summed E-state index contributed by atoms with van der Waals surface area (Å²) in [4.78, 5) is 12.3. The molecule has 0 saturated carbocycles. The van der Waals surface area contributed by atoms with Crippen molar-refractivity contribution in [3.63, 3.8) is 0 Å². The van der Waals surface area contributed by atoms with Crippen molar-refractivity contribution >= 4 is 21.7 Å². The Bertz CT molecular complexity index is 652. The predicted molar refractivity (Wildman–Crippen MR) is 79.5 cm³/mol. The molecule has 0 amide bonds. The molecule has 0 radical (unpaired) electrons. The van der Waals surface area contributed by atoms with Crippen LogP contribution in [0.25, 0.3) is 0 Å². The van der Waals surface area contributed by atoms with Gasteiger partial charge in [0.1, 0.15) is 17.6 Å². The number of hydrogen-bond donors (Lipinski definition) is 0. The van der Waals surface area contributed by atoms with Gasteiger partial charge in [-0.05, 0) is 27.6 Å². The van der Waals surface area contributed by atoms with Crippen molar-refractivity contribution in [2.24, 2.45) is 0 Å². The first-order chi connectivity index (χ1) is 9.69. The van der Waals surface area contributed by atoms with Gasteiger partial charge in [0, 0.05) is 6.07 Å². The molecule has 1 atom stereocenters. The smallest absolute Gasteiger partial charge is 0.170 e. The van der Waals surface area contributed by atoms with Crippen LogP contribution in [0, 0.1) is 0 Å². The van der Waals surface area contributed by atoms with Gasteiger partial charge in [-0.25, -0.2) is 0 Å². The topological polar surface area (TPSA) is 35.5 Å². The average Bonchev–Trinajstić information content (AvgIpc) is 2.48. The van der Waals surface area contributed by atoms with E-state index < -0.39 is 0 Å². The zero-order chi connectivity index (χ0) is 14.1. The van der Waals surface area contributed by atoms with Gasteiger partial charge in [-0.1, -0.05) is 30.3 Å². The van der Waals surface area contributed by atoms with Gasteiger partial charge in [0.25, 0.3) is 0 Å². The zero-order valence-corrected chi connectivity index (χ0v) is 12.5. The van der Waals surface area contributed by atoms with Gasteiger partial charge in [-0.15, -0.1) is 0 Å². The molecular formula is C16H13BrO3.